The Morgan fingerprint density at radius 2 is 1.72 bits per heavy atom. The van der Waals surface area contributed by atoms with Crippen molar-refractivity contribution in [2.45, 2.75) is 18.9 Å². The second kappa shape index (κ2) is 9.50. The summed E-state index contributed by atoms with van der Waals surface area (Å²) in [6.45, 7) is 1.12. The zero-order valence-corrected chi connectivity index (χ0v) is 18.9. The van der Waals surface area contributed by atoms with E-state index in [9.17, 15) is 9.90 Å². The van der Waals surface area contributed by atoms with Gasteiger partial charge in [0.1, 0.15) is 11.8 Å². The fourth-order valence-electron chi connectivity index (χ4n) is 4.07. The number of fused-ring (bicyclic) bond motifs is 1. The first-order chi connectivity index (χ1) is 13.4. The Balaban J connectivity index is 0.00000300. The fourth-order valence-corrected chi connectivity index (χ4v) is 4.07. The van der Waals surface area contributed by atoms with Gasteiger partial charge in [-0.1, -0.05) is 12.1 Å². The number of benzene rings is 2. The standard InChI is InChI=1S/C22H27NO5.BrH/c1-23(14-22(25)28-4)10-9-16-12-20(26-2)21(27-3)13-18(16)19(23)11-15-5-7-17(24)8-6-15;/h5-8,12-13,19H,9-11,14H2,1-4H3;1H. The number of rotatable bonds is 6. The van der Waals surface area contributed by atoms with E-state index in [4.69, 9.17) is 14.2 Å². The van der Waals surface area contributed by atoms with Crippen molar-refractivity contribution in [2.75, 3.05) is 41.5 Å². The lowest BCUT2D eigenvalue weighted by molar-refractivity contribution is -0.934. The first-order valence-electron chi connectivity index (χ1n) is 9.34. The molecule has 158 valence electrons. The fraction of sp³-hybridized carbons (Fsp3) is 0.409. The van der Waals surface area contributed by atoms with Crippen LogP contribution < -0.4 is 26.5 Å². The van der Waals surface area contributed by atoms with E-state index >= 15 is 0 Å². The maximum absolute atomic E-state index is 12.1. The molecule has 0 saturated heterocycles. The van der Waals surface area contributed by atoms with Gasteiger partial charge in [-0.3, -0.25) is 0 Å². The van der Waals surface area contributed by atoms with Crippen LogP contribution in [0.15, 0.2) is 36.4 Å². The first-order valence-corrected chi connectivity index (χ1v) is 9.34. The van der Waals surface area contributed by atoms with E-state index < -0.39 is 0 Å². The molecule has 1 aliphatic heterocycles. The predicted molar refractivity (Wildman–Crippen MR) is 106 cm³/mol. The summed E-state index contributed by atoms with van der Waals surface area (Å²) in [5.41, 5.74) is 3.46. The minimum absolute atomic E-state index is 0. The van der Waals surface area contributed by atoms with Crippen LogP contribution in [-0.4, -0.2) is 57.0 Å². The van der Waals surface area contributed by atoms with Crippen LogP contribution in [0.2, 0.25) is 0 Å². The molecule has 1 aliphatic rings. The maximum atomic E-state index is 12.1. The zero-order chi connectivity index (χ0) is 20.3. The Hall–Kier alpha value is -2.25. The number of halogens is 1. The summed E-state index contributed by atoms with van der Waals surface area (Å²) in [6, 6.07) is 11.4. The minimum atomic E-state index is -0.220. The van der Waals surface area contributed by atoms with E-state index in [0.29, 0.717) is 22.5 Å². The molecule has 0 bridgehead atoms. The molecular formula is C22H28BrNO5. The topological polar surface area (TPSA) is 65.0 Å². The number of aromatic hydroxyl groups is 1. The number of phenols is 1. The molecule has 0 spiro atoms. The molecule has 2 aromatic carbocycles. The van der Waals surface area contributed by atoms with Crippen LogP contribution >= 0.6 is 0 Å². The van der Waals surface area contributed by atoms with Crippen molar-refractivity contribution >= 4 is 5.97 Å². The molecular weight excluding hydrogens is 438 g/mol. The summed E-state index contributed by atoms with van der Waals surface area (Å²) in [6.07, 6.45) is 1.57. The summed E-state index contributed by atoms with van der Waals surface area (Å²) < 4.78 is 16.5. The third-order valence-electron chi connectivity index (χ3n) is 5.73. The highest BCUT2D eigenvalue weighted by molar-refractivity contribution is 5.70. The van der Waals surface area contributed by atoms with Gasteiger partial charge in [0.2, 0.25) is 0 Å². The number of quaternary nitrogens is 1. The highest BCUT2D eigenvalue weighted by Crippen LogP contribution is 2.42. The molecule has 29 heavy (non-hydrogen) atoms. The lowest BCUT2D eigenvalue weighted by Crippen LogP contribution is -3.00. The van der Waals surface area contributed by atoms with E-state index in [1.165, 1.54) is 12.7 Å². The molecule has 0 radical (unpaired) electrons. The van der Waals surface area contributed by atoms with Gasteiger partial charge in [0.15, 0.2) is 18.0 Å². The van der Waals surface area contributed by atoms with Crippen LogP contribution in [0.25, 0.3) is 0 Å². The van der Waals surface area contributed by atoms with Crippen molar-refractivity contribution < 1.29 is 45.6 Å². The van der Waals surface area contributed by atoms with E-state index in [1.807, 2.05) is 24.3 Å². The van der Waals surface area contributed by atoms with Crippen LogP contribution in [-0.2, 0) is 22.4 Å². The van der Waals surface area contributed by atoms with E-state index in [2.05, 4.69) is 7.05 Å². The molecule has 0 fully saturated rings. The summed E-state index contributed by atoms with van der Waals surface area (Å²) in [7, 11) is 6.79. The van der Waals surface area contributed by atoms with Crippen LogP contribution in [0.5, 0.6) is 17.2 Å². The van der Waals surface area contributed by atoms with Crippen molar-refractivity contribution in [1.29, 1.82) is 0 Å². The second-order valence-electron chi connectivity index (χ2n) is 7.48. The Labute approximate surface area is 182 Å². The van der Waals surface area contributed by atoms with E-state index in [0.717, 1.165) is 30.5 Å². The summed E-state index contributed by atoms with van der Waals surface area (Å²) in [4.78, 5) is 12.1. The molecule has 2 atom stereocenters. The number of carbonyl (C=O) groups is 1. The van der Waals surface area contributed by atoms with Gasteiger partial charge in [0, 0.05) is 18.4 Å². The Morgan fingerprint density at radius 1 is 1.10 bits per heavy atom. The summed E-state index contributed by atoms with van der Waals surface area (Å²) in [5, 5.41) is 9.60. The monoisotopic (exact) mass is 465 g/mol. The molecule has 6 nitrogen and oxygen atoms in total. The number of nitrogens with zero attached hydrogens (tertiary/aromatic N) is 1. The molecule has 1 heterocycles. The number of esters is 1. The Morgan fingerprint density at radius 3 is 2.31 bits per heavy atom. The maximum Gasteiger partial charge on any atom is 0.361 e. The van der Waals surface area contributed by atoms with Gasteiger partial charge in [-0.05, 0) is 35.4 Å². The summed E-state index contributed by atoms with van der Waals surface area (Å²) in [5.74, 6) is 1.42. The van der Waals surface area contributed by atoms with Gasteiger partial charge in [-0.15, -0.1) is 0 Å². The predicted octanol–water partition coefficient (Wildman–Crippen LogP) is -0.127. The molecule has 2 aromatic rings. The molecule has 0 saturated carbocycles. The Bertz CT molecular complexity index is 855. The van der Waals surface area contributed by atoms with Crippen LogP contribution in [0.4, 0.5) is 0 Å². The normalized spacial score (nSPS) is 20.2. The Kier molecular flexibility index (Phi) is 7.54. The van der Waals surface area contributed by atoms with Gasteiger partial charge in [-0.2, -0.15) is 0 Å². The van der Waals surface area contributed by atoms with Gasteiger partial charge in [0.05, 0.1) is 34.9 Å². The third kappa shape index (κ3) is 4.85. The largest absolute Gasteiger partial charge is 1.00 e. The smallest absolute Gasteiger partial charge is 0.361 e. The molecule has 1 N–H and O–H groups in total. The minimum Gasteiger partial charge on any atom is -1.00 e. The van der Waals surface area contributed by atoms with Gasteiger partial charge >= 0.3 is 5.97 Å². The van der Waals surface area contributed by atoms with Crippen LogP contribution in [0.1, 0.15) is 22.7 Å². The molecule has 0 aromatic heterocycles. The molecule has 7 heteroatoms. The van der Waals surface area contributed by atoms with Gasteiger partial charge in [0.25, 0.3) is 0 Å². The van der Waals surface area contributed by atoms with Gasteiger partial charge in [-0.25, -0.2) is 4.79 Å². The van der Waals surface area contributed by atoms with Crippen molar-refractivity contribution in [1.82, 2.24) is 0 Å². The number of hydrogen-bond donors (Lipinski definition) is 1. The van der Waals surface area contributed by atoms with Crippen molar-refractivity contribution in [3.05, 3.63) is 53.1 Å². The lowest BCUT2D eigenvalue weighted by atomic mass is 9.86. The van der Waals surface area contributed by atoms with E-state index in [-0.39, 0.29) is 34.7 Å². The van der Waals surface area contributed by atoms with Crippen LogP contribution in [0, 0.1) is 0 Å². The first kappa shape index (κ1) is 23.0. The number of methoxy groups -OCH3 is 3. The molecule has 0 aliphatic carbocycles. The third-order valence-corrected chi connectivity index (χ3v) is 5.73. The number of ether oxygens (including phenoxy) is 3. The van der Waals surface area contributed by atoms with Crippen molar-refractivity contribution in [2.24, 2.45) is 0 Å². The average molecular weight is 466 g/mol. The van der Waals surface area contributed by atoms with Crippen molar-refractivity contribution in [3.63, 3.8) is 0 Å². The van der Waals surface area contributed by atoms with Crippen LogP contribution in [0.3, 0.4) is 0 Å². The molecule has 2 unspecified atom stereocenters. The summed E-state index contributed by atoms with van der Waals surface area (Å²) >= 11 is 0. The van der Waals surface area contributed by atoms with Crippen molar-refractivity contribution in [3.8, 4) is 17.2 Å². The number of likely N-dealkylation sites (N-methyl/N-ethyl adjacent to an activating group) is 1. The van der Waals surface area contributed by atoms with E-state index in [1.54, 1.807) is 26.4 Å². The second-order valence-corrected chi connectivity index (χ2v) is 7.48. The number of carbonyl (C=O) groups excluding carboxylic acids is 1. The number of hydrogen-bond acceptors (Lipinski definition) is 5. The highest BCUT2D eigenvalue weighted by atomic mass is 79.9. The highest BCUT2D eigenvalue weighted by Gasteiger charge is 2.41. The zero-order valence-electron chi connectivity index (χ0n) is 17.3. The average Bonchev–Trinajstić information content (AvgIpc) is 2.70. The number of phenolic OH excluding ortho intramolecular Hbond substituents is 1. The lowest BCUT2D eigenvalue weighted by Gasteiger charge is -2.45. The molecule has 3 rings (SSSR count). The SMILES string of the molecule is COC(=O)C[N+]1(C)CCc2cc(OC)c(OC)cc2C1Cc1ccc(O)cc1.[Br-]. The molecule has 0 amide bonds. The van der Waals surface area contributed by atoms with Gasteiger partial charge < -0.3 is 40.8 Å². The quantitative estimate of drug-likeness (QED) is 0.475.